The zero-order chi connectivity index (χ0) is 19.8. The van der Waals surface area contributed by atoms with Gasteiger partial charge in [-0.05, 0) is 49.0 Å². The maximum absolute atomic E-state index is 13.3. The van der Waals surface area contributed by atoms with Gasteiger partial charge in [-0.15, -0.1) is 0 Å². The van der Waals surface area contributed by atoms with Crippen molar-refractivity contribution in [1.29, 1.82) is 10.5 Å². The summed E-state index contributed by atoms with van der Waals surface area (Å²) in [6.45, 7) is 0.448. The molecule has 5 unspecified atom stereocenters. The van der Waals surface area contributed by atoms with E-state index in [0.29, 0.717) is 30.5 Å². The number of rotatable bonds is 3. The molecule has 4 rings (SSSR count). The van der Waals surface area contributed by atoms with E-state index in [-0.39, 0.29) is 46.7 Å². The van der Waals surface area contributed by atoms with Crippen LogP contribution in [0.4, 0.5) is 0 Å². The van der Waals surface area contributed by atoms with E-state index in [0.717, 1.165) is 24.8 Å². The lowest BCUT2D eigenvalue weighted by Gasteiger charge is -2.44. The molecule has 3 fully saturated rings. The van der Waals surface area contributed by atoms with Crippen LogP contribution >= 0.6 is 0 Å². The molecule has 0 saturated heterocycles. The van der Waals surface area contributed by atoms with Crippen molar-refractivity contribution < 1.29 is 9.59 Å². The highest BCUT2D eigenvalue weighted by Gasteiger charge is 2.56. The number of carbonyl (C=O) groups excluding carboxylic acids is 2. The Morgan fingerprint density at radius 3 is 2.39 bits per heavy atom. The number of hydrogen-bond donors (Lipinski definition) is 1. The first-order chi connectivity index (χ1) is 13.6. The second-order valence-electron chi connectivity index (χ2n) is 8.21. The average molecular weight is 373 g/mol. The van der Waals surface area contributed by atoms with Crippen LogP contribution in [0.5, 0.6) is 0 Å². The van der Waals surface area contributed by atoms with Crippen molar-refractivity contribution in [1.82, 2.24) is 0 Å². The second kappa shape index (κ2) is 7.34. The first-order valence-corrected chi connectivity index (χ1v) is 10.0. The molecule has 1 aromatic rings. The Morgan fingerprint density at radius 2 is 1.75 bits per heavy atom. The minimum atomic E-state index is -0.134. The number of nitrogens with zero attached hydrogens (tertiary/aromatic N) is 2. The molecule has 2 N–H and O–H groups in total. The minimum Gasteiger partial charge on any atom is -0.326 e. The topological polar surface area (TPSA) is 108 Å². The van der Waals surface area contributed by atoms with Gasteiger partial charge in [-0.2, -0.15) is 10.5 Å². The van der Waals surface area contributed by atoms with Crippen LogP contribution in [0.15, 0.2) is 35.4 Å². The fourth-order valence-electron chi connectivity index (χ4n) is 5.89. The average Bonchev–Trinajstić information content (AvgIpc) is 3.03. The van der Waals surface area contributed by atoms with Crippen molar-refractivity contribution >= 4 is 11.6 Å². The van der Waals surface area contributed by atoms with Crippen LogP contribution < -0.4 is 5.73 Å². The summed E-state index contributed by atoms with van der Waals surface area (Å²) in [4.78, 5) is 26.3. The number of hydrogen-bond acceptors (Lipinski definition) is 5. The molecule has 0 radical (unpaired) electrons. The molecule has 1 aromatic carbocycles. The summed E-state index contributed by atoms with van der Waals surface area (Å²) >= 11 is 0. The second-order valence-corrected chi connectivity index (χ2v) is 8.21. The largest absolute Gasteiger partial charge is 0.326 e. The predicted molar refractivity (Wildman–Crippen MR) is 102 cm³/mol. The lowest BCUT2D eigenvalue weighted by Crippen LogP contribution is -2.41. The number of allylic oxidation sites excluding steroid dienone is 2. The van der Waals surface area contributed by atoms with Gasteiger partial charge >= 0.3 is 0 Å². The van der Waals surface area contributed by atoms with Crippen LogP contribution in [0.3, 0.4) is 0 Å². The Hall–Kier alpha value is -2.76. The Labute approximate surface area is 164 Å². The van der Waals surface area contributed by atoms with Crippen LogP contribution in [0, 0.1) is 52.3 Å². The number of Topliss-reactive ketones (excluding diaryl/α,β-unsaturated/α-hetero) is 2. The van der Waals surface area contributed by atoms with Crippen molar-refractivity contribution in [3.8, 4) is 12.1 Å². The van der Waals surface area contributed by atoms with Gasteiger partial charge in [0.25, 0.3) is 0 Å². The number of nitrogens with two attached hydrogens (primary N) is 1. The number of benzene rings is 1. The van der Waals surface area contributed by atoms with Gasteiger partial charge in [-0.1, -0.05) is 30.7 Å². The minimum absolute atomic E-state index is 0.0156. The van der Waals surface area contributed by atoms with Crippen LogP contribution in [0.25, 0.3) is 0 Å². The summed E-state index contributed by atoms with van der Waals surface area (Å²) in [6, 6.07) is 11.4. The van der Waals surface area contributed by atoms with Crippen LogP contribution in [-0.4, -0.2) is 11.6 Å². The molecule has 0 bridgehead atoms. The first-order valence-electron chi connectivity index (χ1n) is 10.0. The third kappa shape index (κ3) is 2.79. The Bertz CT molecular complexity index is 916. The summed E-state index contributed by atoms with van der Waals surface area (Å²) in [7, 11) is 0. The summed E-state index contributed by atoms with van der Waals surface area (Å²) < 4.78 is 0. The Balaban J connectivity index is 1.67. The molecular formula is C23H23N3O2. The van der Waals surface area contributed by atoms with E-state index in [9.17, 15) is 20.1 Å². The lowest BCUT2D eigenvalue weighted by atomic mass is 9.59. The SMILES string of the molecule is N#CC(C#N)=C1C(=O)C2CCCC3C(C(=O)c4ccc(CN)cc4)CCC1C23. The summed E-state index contributed by atoms with van der Waals surface area (Å²) in [6.07, 6.45) is 4.06. The van der Waals surface area contributed by atoms with E-state index in [4.69, 9.17) is 5.73 Å². The molecule has 0 aromatic heterocycles. The molecule has 0 heterocycles. The van der Waals surface area contributed by atoms with Crippen LogP contribution in [-0.2, 0) is 11.3 Å². The van der Waals surface area contributed by atoms with Gasteiger partial charge in [0.1, 0.15) is 17.7 Å². The van der Waals surface area contributed by atoms with E-state index in [1.165, 1.54) is 0 Å². The highest BCUT2D eigenvalue weighted by molar-refractivity contribution is 6.03. The highest BCUT2D eigenvalue weighted by Crippen LogP contribution is 2.57. The summed E-state index contributed by atoms with van der Waals surface area (Å²) in [5.41, 5.74) is 7.78. The molecule has 5 heteroatoms. The van der Waals surface area contributed by atoms with Gasteiger partial charge in [0.05, 0.1) is 0 Å². The fraction of sp³-hybridized carbons (Fsp3) is 0.478. The van der Waals surface area contributed by atoms with E-state index >= 15 is 0 Å². The van der Waals surface area contributed by atoms with Crippen molar-refractivity contribution in [3.63, 3.8) is 0 Å². The highest BCUT2D eigenvalue weighted by atomic mass is 16.1. The molecular weight excluding hydrogens is 350 g/mol. The molecule has 5 atom stereocenters. The maximum Gasteiger partial charge on any atom is 0.166 e. The molecule has 0 spiro atoms. The van der Waals surface area contributed by atoms with Gasteiger partial charge in [0.2, 0.25) is 0 Å². The first kappa shape index (κ1) is 18.6. The third-order valence-corrected chi connectivity index (χ3v) is 7.06. The zero-order valence-corrected chi connectivity index (χ0v) is 15.7. The standard InChI is InChI=1S/C23H23N3O2/c24-10-13-4-6-14(7-5-13)22(27)17-8-9-18-20(15(11-25)12-26)23(28)19-3-1-2-16(17)21(18)19/h4-7,16-19,21H,1-3,8-10,24H2. The third-order valence-electron chi connectivity index (χ3n) is 7.06. The Kier molecular flexibility index (Phi) is 4.87. The van der Waals surface area contributed by atoms with E-state index in [2.05, 4.69) is 0 Å². The fourth-order valence-corrected chi connectivity index (χ4v) is 5.89. The summed E-state index contributed by atoms with van der Waals surface area (Å²) in [5, 5.41) is 18.6. The molecule has 3 saturated carbocycles. The zero-order valence-electron chi connectivity index (χ0n) is 15.7. The molecule has 28 heavy (non-hydrogen) atoms. The van der Waals surface area contributed by atoms with E-state index < -0.39 is 0 Å². The van der Waals surface area contributed by atoms with Crippen LogP contribution in [0.1, 0.15) is 48.0 Å². The molecule has 0 amide bonds. The molecule has 3 aliphatic rings. The predicted octanol–water partition coefficient (Wildman–Crippen LogP) is 3.31. The lowest BCUT2D eigenvalue weighted by molar-refractivity contribution is -0.120. The van der Waals surface area contributed by atoms with Gasteiger partial charge < -0.3 is 5.73 Å². The van der Waals surface area contributed by atoms with Crippen molar-refractivity contribution in [2.24, 2.45) is 35.3 Å². The van der Waals surface area contributed by atoms with E-state index in [1.807, 2.05) is 36.4 Å². The Morgan fingerprint density at radius 1 is 1.04 bits per heavy atom. The van der Waals surface area contributed by atoms with Crippen molar-refractivity contribution in [3.05, 3.63) is 46.5 Å². The van der Waals surface area contributed by atoms with Gasteiger partial charge in [-0.25, -0.2) is 0 Å². The number of nitriles is 2. The summed E-state index contributed by atoms with van der Waals surface area (Å²) in [5.74, 6) is 0.119. The van der Waals surface area contributed by atoms with E-state index in [1.54, 1.807) is 0 Å². The quantitative estimate of drug-likeness (QED) is 0.497. The smallest absolute Gasteiger partial charge is 0.166 e. The molecule has 3 aliphatic carbocycles. The van der Waals surface area contributed by atoms with Gasteiger partial charge in [-0.3, -0.25) is 9.59 Å². The molecule has 142 valence electrons. The molecule has 0 aliphatic heterocycles. The number of ketones is 2. The van der Waals surface area contributed by atoms with Gasteiger partial charge in [0, 0.05) is 29.5 Å². The molecule has 5 nitrogen and oxygen atoms in total. The van der Waals surface area contributed by atoms with Crippen LogP contribution in [0.2, 0.25) is 0 Å². The monoisotopic (exact) mass is 373 g/mol. The normalized spacial score (nSPS) is 30.9. The maximum atomic E-state index is 13.3. The van der Waals surface area contributed by atoms with Crippen molar-refractivity contribution in [2.75, 3.05) is 0 Å². The van der Waals surface area contributed by atoms with Gasteiger partial charge in [0.15, 0.2) is 11.6 Å². The van der Waals surface area contributed by atoms with Crippen molar-refractivity contribution in [2.45, 2.75) is 38.6 Å². The number of carbonyl (C=O) groups is 2.